The Morgan fingerprint density at radius 3 is 2.75 bits per heavy atom. The van der Waals surface area contributed by atoms with E-state index >= 15 is 0 Å². The average molecular weight is 298 g/mol. The van der Waals surface area contributed by atoms with Gasteiger partial charge in [0.05, 0.1) is 4.92 Å². The number of hydrogen-bond acceptors (Lipinski definition) is 4. The van der Waals surface area contributed by atoms with Gasteiger partial charge in [-0.05, 0) is 25.0 Å². The maximum absolute atomic E-state index is 12.4. The van der Waals surface area contributed by atoms with Crippen LogP contribution in [0, 0.1) is 10.1 Å². The van der Waals surface area contributed by atoms with Crippen LogP contribution in [0.15, 0.2) is 18.2 Å². The van der Waals surface area contributed by atoms with Crippen molar-refractivity contribution in [3.05, 3.63) is 38.9 Å². The van der Waals surface area contributed by atoms with Crippen molar-refractivity contribution in [1.82, 2.24) is 4.90 Å². The summed E-state index contributed by atoms with van der Waals surface area (Å²) in [7, 11) is 0. The first kappa shape index (κ1) is 14.3. The molecule has 1 saturated heterocycles. The number of hydrogen-bond donors (Lipinski definition) is 1. The fourth-order valence-electron chi connectivity index (χ4n) is 2.30. The number of nitro groups is 1. The van der Waals surface area contributed by atoms with E-state index in [0.29, 0.717) is 19.4 Å². The van der Waals surface area contributed by atoms with Crippen LogP contribution in [-0.4, -0.2) is 34.2 Å². The number of amides is 2. The zero-order valence-corrected chi connectivity index (χ0v) is 11.2. The van der Waals surface area contributed by atoms with Crippen LogP contribution in [0.25, 0.3) is 0 Å². The summed E-state index contributed by atoms with van der Waals surface area (Å²) in [5.74, 6) is -1.21. The first-order valence-corrected chi connectivity index (χ1v) is 6.34. The van der Waals surface area contributed by atoms with Gasteiger partial charge in [-0.25, -0.2) is 0 Å². The molecule has 0 bridgehead atoms. The van der Waals surface area contributed by atoms with E-state index in [0.717, 1.165) is 0 Å². The van der Waals surface area contributed by atoms with Crippen molar-refractivity contribution >= 4 is 29.1 Å². The quantitative estimate of drug-likeness (QED) is 0.671. The number of halogens is 1. The molecule has 106 valence electrons. The van der Waals surface area contributed by atoms with E-state index in [9.17, 15) is 19.7 Å². The highest BCUT2D eigenvalue weighted by Gasteiger charge is 2.35. The number of carbonyl (C=O) groups is 2. The van der Waals surface area contributed by atoms with Gasteiger partial charge in [-0.15, -0.1) is 0 Å². The van der Waals surface area contributed by atoms with Crippen LogP contribution in [-0.2, 0) is 4.79 Å². The third kappa shape index (κ3) is 2.57. The lowest BCUT2D eigenvalue weighted by Gasteiger charge is -2.22. The van der Waals surface area contributed by atoms with Gasteiger partial charge >= 0.3 is 0 Å². The number of rotatable bonds is 3. The predicted molar refractivity (Wildman–Crippen MR) is 71.4 cm³/mol. The topological polar surface area (TPSA) is 107 Å². The highest BCUT2D eigenvalue weighted by molar-refractivity contribution is 6.31. The van der Waals surface area contributed by atoms with Crippen molar-refractivity contribution in [1.29, 1.82) is 0 Å². The van der Waals surface area contributed by atoms with Crippen molar-refractivity contribution in [3.63, 3.8) is 0 Å². The molecule has 20 heavy (non-hydrogen) atoms. The molecule has 2 amide bonds. The lowest BCUT2D eigenvalue weighted by molar-refractivity contribution is -0.385. The molecule has 0 aromatic heterocycles. The van der Waals surface area contributed by atoms with Crippen LogP contribution in [0.1, 0.15) is 23.2 Å². The van der Waals surface area contributed by atoms with Crippen molar-refractivity contribution in [2.24, 2.45) is 5.73 Å². The van der Waals surface area contributed by atoms with Crippen molar-refractivity contribution in [2.45, 2.75) is 18.9 Å². The summed E-state index contributed by atoms with van der Waals surface area (Å²) in [5.41, 5.74) is 4.77. The third-order valence-electron chi connectivity index (χ3n) is 3.23. The molecule has 7 nitrogen and oxygen atoms in total. The second-order valence-electron chi connectivity index (χ2n) is 4.48. The smallest absolute Gasteiger partial charge is 0.282 e. The standard InChI is InChI=1S/C12H12ClN3O4/c13-7-3-4-9(16(19)20)8(6-7)12(18)15-5-1-2-10(15)11(14)17/h3-4,6,10H,1-2,5H2,(H2,14,17). The fourth-order valence-corrected chi connectivity index (χ4v) is 2.47. The number of carbonyl (C=O) groups excluding carboxylic acids is 2. The SMILES string of the molecule is NC(=O)C1CCCN1C(=O)c1cc(Cl)ccc1[N+](=O)[O-]. The van der Waals surface area contributed by atoms with Gasteiger partial charge in [-0.3, -0.25) is 19.7 Å². The molecule has 1 aliphatic heterocycles. The Kier molecular flexibility index (Phi) is 3.89. The predicted octanol–water partition coefficient (Wildman–Crippen LogP) is 1.34. The molecule has 0 radical (unpaired) electrons. The molecule has 0 aliphatic carbocycles. The minimum absolute atomic E-state index is 0.129. The maximum Gasteiger partial charge on any atom is 0.282 e. The van der Waals surface area contributed by atoms with Gasteiger partial charge in [0.25, 0.3) is 11.6 Å². The molecule has 1 aromatic carbocycles. The van der Waals surface area contributed by atoms with Crippen LogP contribution >= 0.6 is 11.6 Å². The number of likely N-dealkylation sites (tertiary alicyclic amines) is 1. The van der Waals surface area contributed by atoms with Crippen LogP contribution in [0.3, 0.4) is 0 Å². The van der Waals surface area contributed by atoms with Crippen LogP contribution in [0.4, 0.5) is 5.69 Å². The van der Waals surface area contributed by atoms with Gasteiger partial charge in [0.2, 0.25) is 5.91 Å². The molecular formula is C12H12ClN3O4. The summed E-state index contributed by atoms with van der Waals surface area (Å²) in [4.78, 5) is 35.3. The normalized spacial score (nSPS) is 18.1. The number of benzene rings is 1. The van der Waals surface area contributed by atoms with Gasteiger partial charge in [-0.1, -0.05) is 11.6 Å². The van der Waals surface area contributed by atoms with Crippen LogP contribution < -0.4 is 5.73 Å². The first-order valence-electron chi connectivity index (χ1n) is 5.96. The van der Waals surface area contributed by atoms with E-state index in [1.54, 1.807) is 0 Å². The van der Waals surface area contributed by atoms with Gasteiger partial charge < -0.3 is 10.6 Å². The largest absolute Gasteiger partial charge is 0.368 e. The highest BCUT2D eigenvalue weighted by Crippen LogP contribution is 2.27. The Hall–Kier alpha value is -2.15. The Balaban J connectivity index is 2.40. The molecule has 1 aliphatic rings. The van der Waals surface area contributed by atoms with Crippen molar-refractivity contribution in [2.75, 3.05) is 6.54 Å². The lowest BCUT2D eigenvalue weighted by Crippen LogP contribution is -2.43. The average Bonchev–Trinajstić information content (AvgIpc) is 2.86. The monoisotopic (exact) mass is 297 g/mol. The third-order valence-corrected chi connectivity index (χ3v) is 3.46. The zero-order chi connectivity index (χ0) is 14.9. The van der Waals surface area contributed by atoms with E-state index in [-0.39, 0.29) is 16.3 Å². The second kappa shape index (κ2) is 5.46. The maximum atomic E-state index is 12.4. The molecular weight excluding hydrogens is 286 g/mol. The molecule has 2 N–H and O–H groups in total. The molecule has 2 rings (SSSR count). The molecule has 1 heterocycles. The van der Waals surface area contributed by atoms with E-state index in [4.69, 9.17) is 17.3 Å². The minimum atomic E-state index is -0.721. The Labute approximate surface area is 119 Å². The number of primary amides is 1. The minimum Gasteiger partial charge on any atom is -0.368 e. The van der Waals surface area contributed by atoms with E-state index in [2.05, 4.69) is 0 Å². The zero-order valence-electron chi connectivity index (χ0n) is 10.4. The number of nitrogens with zero attached hydrogens (tertiary/aromatic N) is 2. The summed E-state index contributed by atoms with van der Waals surface area (Å²) >= 11 is 5.79. The van der Waals surface area contributed by atoms with Crippen LogP contribution in [0.5, 0.6) is 0 Å². The van der Waals surface area contributed by atoms with Gasteiger partial charge in [0, 0.05) is 17.6 Å². The highest BCUT2D eigenvalue weighted by atomic mass is 35.5. The molecule has 0 spiro atoms. The van der Waals surface area contributed by atoms with E-state index in [1.165, 1.54) is 23.1 Å². The van der Waals surface area contributed by atoms with Crippen LogP contribution in [0.2, 0.25) is 5.02 Å². The lowest BCUT2D eigenvalue weighted by atomic mass is 10.1. The Bertz CT molecular complexity index is 590. The molecule has 0 saturated carbocycles. The second-order valence-corrected chi connectivity index (χ2v) is 4.91. The van der Waals surface area contributed by atoms with Gasteiger partial charge in [-0.2, -0.15) is 0 Å². The summed E-state index contributed by atoms with van der Waals surface area (Å²) in [5, 5.41) is 11.2. The van der Waals surface area contributed by atoms with Gasteiger partial charge in [0.15, 0.2) is 0 Å². The fraction of sp³-hybridized carbons (Fsp3) is 0.333. The number of nitro benzene ring substituents is 1. The molecule has 1 atom stereocenters. The van der Waals surface area contributed by atoms with Gasteiger partial charge in [0.1, 0.15) is 11.6 Å². The van der Waals surface area contributed by atoms with Crippen molar-refractivity contribution < 1.29 is 14.5 Å². The summed E-state index contributed by atoms with van der Waals surface area (Å²) < 4.78 is 0. The molecule has 1 unspecified atom stereocenters. The summed E-state index contributed by atoms with van der Waals surface area (Å²) in [6.07, 6.45) is 1.10. The first-order chi connectivity index (χ1) is 9.41. The summed E-state index contributed by atoms with van der Waals surface area (Å²) in [6, 6.07) is 3.02. The van der Waals surface area contributed by atoms with E-state index < -0.39 is 22.8 Å². The Morgan fingerprint density at radius 2 is 2.15 bits per heavy atom. The molecule has 8 heteroatoms. The molecule has 1 fully saturated rings. The Morgan fingerprint density at radius 1 is 1.45 bits per heavy atom. The molecule has 1 aromatic rings. The number of nitrogens with two attached hydrogens (primary N) is 1. The van der Waals surface area contributed by atoms with Crippen molar-refractivity contribution in [3.8, 4) is 0 Å². The van der Waals surface area contributed by atoms with E-state index in [1.807, 2.05) is 0 Å². The summed E-state index contributed by atoms with van der Waals surface area (Å²) in [6.45, 7) is 0.343.